The molecule has 7 nitrogen and oxygen atoms in total. The van der Waals surface area contributed by atoms with Crippen LogP contribution in [0.15, 0.2) is 24.7 Å². The maximum absolute atomic E-state index is 12.4. The van der Waals surface area contributed by atoms with Crippen LogP contribution >= 0.6 is 11.3 Å². The molecule has 1 aliphatic rings. The van der Waals surface area contributed by atoms with Gasteiger partial charge in [0, 0.05) is 18.4 Å². The second kappa shape index (κ2) is 5.57. The maximum atomic E-state index is 12.4. The summed E-state index contributed by atoms with van der Waals surface area (Å²) in [5.41, 5.74) is 0. The predicted molar refractivity (Wildman–Crippen MR) is 74.8 cm³/mol. The van der Waals surface area contributed by atoms with E-state index >= 15 is 0 Å². The SMILES string of the molecule is O=C(O)CN(C(=O)c1cnc(-c2ncccn2)s1)C1CC1. The topological polar surface area (TPSA) is 96.3 Å². The molecule has 1 fully saturated rings. The van der Waals surface area contributed by atoms with Crippen LogP contribution in [0.25, 0.3) is 10.8 Å². The molecular weight excluding hydrogens is 292 g/mol. The Bertz CT molecular complexity index is 669. The average Bonchev–Trinajstić information content (AvgIpc) is 3.21. The number of rotatable bonds is 5. The average molecular weight is 304 g/mol. The molecule has 3 rings (SSSR count). The van der Waals surface area contributed by atoms with Gasteiger partial charge in [0.2, 0.25) is 0 Å². The summed E-state index contributed by atoms with van der Waals surface area (Å²) in [6.45, 7) is -0.279. The van der Waals surface area contributed by atoms with E-state index < -0.39 is 5.97 Å². The van der Waals surface area contributed by atoms with Crippen molar-refractivity contribution in [1.29, 1.82) is 0 Å². The van der Waals surface area contributed by atoms with Gasteiger partial charge >= 0.3 is 5.97 Å². The Morgan fingerprint density at radius 1 is 1.29 bits per heavy atom. The van der Waals surface area contributed by atoms with Crippen molar-refractivity contribution in [3.05, 3.63) is 29.5 Å². The third-order valence-corrected chi connectivity index (χ3v) is 4.01. The number of aromatic nitrogens is 3. The molecule has 8 heteroatoms. The lowest BCUT2D eigenvalue weighted by molar-refractivity contribution is -0.137. The first kappa shape index (κ1) is 13.6. The van der Waals surface area contributed by atoms with Crippen molar-refractivity contribution in [3.63, 3.8) is 0 Å². The molecule has 1 saturated carbocycles. The highest BCUT2D eigenvalue weighted by Gasteiger charge is 2.35. The highest BCUT2D eigenvalue weighted by molar-refractivity contribution is 7.16. The second-order valence-electron chi connectivity index (χ2n) is 4.66. The fourth-order valence-electron chi connectivity index (χ4n) is 1.93. The molecule has 0 aromatic carbocycles. The van der Waals surface area contributed by atoms with Crippen LogP contribution in [0.2, 0.25) is 0 Å². The van der Waals surface area contributed by atoms with E-state index in [9.17, 15) is 9.59 Å². The Kier molecular flexibility index (Phi) is 3.61. The lowest BCUT2D eigenvalue weighted by atomic mass is 10.4. The van der Waals surface area contributed by atoms with Crippen LogP contribution in [0.1, 0.15) is 22.5 Å². The van der Waals surface area contributed by atoms with Gasteiger partial charge in [0.25, 0.3) is 5.91 Å². The summed E-state index contributed by atoms with van der Waals surface area (Å²) in [5.74, 6) is -0.844. The smallest absolute Gasteiger partial charge is 0.323 e. The zero-order chi connectivity index (χ0) is 14.8. The number of hydrogen-bond acceptors (Lipinski definition) is 6. The number of aliphatic carboxylic acids is 1. The van der Waals surface area contributed by atoms with Gasteiger partial charge in [-0.25, -0.2) is 15.0 Å². The van der Waals surface area contributed by atoms with Crippen LogP contribution in [-0.2, 0) is 4.79 Å². The first-order valence-electron chi connectivity index (χ1n) is 6.41. The fourth-order valence-corrected chi connectivity index (χ4v) is 2.75. The Balaban J connectivity index is 1.81. The van der Waals surface area contributed by atoms with Crippen molar-refractivity contribution in [2.75, 3.05) is 6.54 Å². The molecular formula is C13H12N4O3S. The number of nitrogens with zero attached hydrogens (tertiary/aromatic N) is 4. The first-order chi connectivity index (χ1) is 10.1. The largest absolute Gasteiger partial charge is 0.480 e. The minimum atomic E-state index is -1.01. The van der Waals surface area contributed by atoms with Crippen molar-refractivity contribution in [2.45, 2.75) is 18.9 Å². The van der Waals surface area contributed by atoms with E-state index in [0.29, 0.717) is 15.7 Å². The molecule has 0 aliphatic heterocycles. The van der Waals surface area contributed by atoms with E-state index in [4.69, 9.17) is 5.11 Å². The van der Waals surface area contributed by atoms with Gasteiger partial charge in [0.1, 0.15) is 11.4 Å². The summed E-state index contributed by atoms with van der Waals surface area (Å²) in [6, 6.07) is 1.73. The number of amides is 1. The van der Waals surface area contributed by atoms with E-state index in [1.54, 1.807) is 18.5 Å². The quantitative estimate of drug-likeness (QED) is 0.894. The van der Waals surface area contributed by atoms with Crippen molar-refractivity contribution in [2.24, 2.45) is 0 Å². The van der Waals surface area contributed by atoms with Crippen molar-refractivity contribution < 1.29 is 14.7 Å². The minimum Gasteiger partial charge on any atom is -0.480 e. The summed E-state index contributed by atoms with van der Waals surface area (Å²) in [7, 11) is 0. The van der Waals surface area contributed by atoms with Gasteiger partial charge in [0.05, 0.1) is 6.20 Å². The van der Waals surface area contributed by atoms with Gasteiger partial charge in [0.15, 0.2) is 10.8 Å². The van der Waals surface area contributed by atoms with E-state index in [1.165, 1.54) is 22.4 Å². The van der Waals surface area contributed by atoms with Crippen LogP contribution in [0.4, 0.5) is 0 Å². The number of thiazole rings is 1. The van der Waals surface area contributed by atoms with Gasteiger partial charge in [-0.15, -0.1) is 11.3 Å². The lowest BCUT2D eigenvalue weighted by Crippen LogP contribution is -2.37. The Hall–Kier alpha value is -2.35. The van der Waals surface area contributed by atoms with Crippen molar-refractivity contribution in [1.82, 2.24) is 19.9 Å². The first-order valence-corrected chi connectivity index (χ1v) is 7.23. The Morgan fingerprint density at radius 2 is 2.00 bits per heavy atom. The number of carbonyl (C=O) groups excluding carboxylic acids is 1. The molecule has 0 bridgehead atoms. The molecule has 0 saturated heterocycles. The summed E-state index contributed by atoms with van der Waals surface area (Å²) in [6.07, 6.45) is 6.37. The van der Waals surface area contributed by atoms with E-state index in [1.807, 2.05) is 0 Å². The zero-order valence-electron chi connectivity index (χ0n) is 11.0. The van der Waals surface area contributed by atoms with E-state index in [-0.39, 0.29) is 18.5 Å². The van der Waals surface area contributed by atoms with Gasteiger partial charge in [-0.3, -0.25) is 9.59 Å². The summed E-state index contributed by atoms with van der Waals surface area (Å²) < 4.78 is 0. The molecule has 1 aliphatic carbocycles. The highest BCUT2D eigenvalue weighted by Crippen LogP contribution is 2.30. The second-order valence-corrected chi connectivity index (χ2v) is 5.69. The van der Waals surface area contributed by atoms with Crippen LogP contribution in [0.5, 0.6) is 0 Å². The number of hydrogen-bond donors (Lipinski definition) is 1. The summed E-state index contributed by atoms with van der Waals surface area (Å²) >= 11 is 1.17. The van der Waals surface area contributed by atoms with E-state index in [2.05, 4.69) is 15.0 Å². The molecule has 2 aromatic rings. The van der Waals surface area contributed by atoms with Gasteiger partial charge < -0.3 is 10.0 Å². The number of carboxylic acid groups (broad SMARTS) is 1. The fraction of sp³-hybridized carbons (Fsp3) is 0.308. The van der Waals surface area contributed by atoms with Crippen molar-refractivity contribution in [3.8, 4) is 10.8 Å². The zero-order valence-corrected chi connectivity index (χ0v) is 11.8. The van der Waals surface area contributed by atoms with Crippen molar-refractivity contribution >= 4 is 23.2 Å². The molecule has 108 valence electrons. The third-order valence-electron chi connectivity index (χ3n) is 3.03. The molecule has 2 heterocycles. The molecule has 1 amide bonds. The molecule has 0 unspecified atom stereocenters. The number of carbonyl (C=O) groups is 2. The Labute approximate surface area is 124 Å². The molecule has 0 radical (unpaired) electrons. The summed E-state index contributed by atoms with van der Waals surface area (Å²) in [4.78, 5) is 37.4. The van der Waals surface area contributed by atoms with Gasteiger partial charge in [-0.2, -0.15) is 0 Å². The number of carboxylic acids is 1. The molecule has 2 aromatic heterocycles. The molecule has 1 N–H and O–H groups in total. The minimum absolute atomic E-state index is 0.0344. The molecule has 0 spiro atoms. The predicted octanol–water partition coefficient (Wildman–Crippen LogP) is 1.29. The van der Waals surface area contributed by atoms with Crippen LogP contribution < -0.4 is 0 Å². The van der Waals surface area contributed by atoms with Gasteiger partial charge in [-0.1, -0.05) is 0 Å². The third kappa shape index (κ3) is 3.05. The van der Waals surface area contributed by atoms with Gasteiger partial charge in [-0.05, 0) is 18.9 Å². The Morgan fingerprint density at radius 3 is 2.62 bits per heavy atom. The highest BCUT2D eigenvalue weighted by atomic mass is 32.1. The van der Waals surface area contributed by atoms with Crippen LogP contribution in [-0.4, -0.2) is 49.4 Å². The van der Waals surface area contributed by atoms with E-state index in [0.717, 1.165) is 12.8 Å². The molecule has 21 heavy (non-hydrogen) atoms. The maximum Gasteiger partial charge on any atom is 0.323 e. The standard InChI is InChI=1S/C13H12N4O3S/c18-10(19)7-17(8-2-3-8)13(20)9-6-16-12(21-9)11-14-4-1-5-15-11/h1,4-6,8H,2-3,7H2,(H,18,19). The normalized spacial score (nSPS) is 13.9. The summed E-state index contributed by atoms with van der Waals surface area (Å²) in [5, 5.41) is 9.46. The van der Waals surface area contributed by atoms with Crippen LogP contribution in [0.3, 0.4) is 0 Å². The lowest BCUT2D eigenvalue weighted by Gasteiger charge is -2.18. The monoisotopic (exact) mass is 304 g/mol. The van der Waals surface area contributed by atoms with Crippen LogP contribution in [0, 0.1) is 0 Å². The molecule has 0 atom stereocenters.